The first-order chi connectivity index (χ1) is 13.6. The van der Waals surface area contributed by atoms with Crippen molar-refractivity contribution in [2.24, 2.45) is 5.92 Å². The molecule has 0 radical (unpaired) electrons. The van der Waals surface area contributed by atoms with Gasteiger partial charge in [0.15, 0.2) is 0 Å². The van der Waals surface area contributed by atoms with Gasteiger partial charge in [0, 0.05) is 31.6 Å². The molecule has 1 saturated heterocycles. The summed E-state index contributed by atoms with van der Waals surface area (Å²) < 4.78 is 10.5. The fraction of sp³-hybridized carbons (Fsp3) is 0.364. The summed E-state index contributed by atoms with van der Waals surface area (Å²) in [5.74, 6) is 1.19. The van der Waals surface area contributed by atoms with Gasteiger partial charge in [0.25, 0.3) is 0 Å². The van der Waals surface area contributed by atoms with Gasteiger partial charge in [-0.05, 0) is 30.2 Å². The first kappa shape index (κ1) is 19.7. The molecule has 148 valence electrons. The zero-order valence-corrected chi connectivity index (χ0v) is 16.3. The van der Waals surface area contributed by atoms with Crippen molar-refractivity contribution >= 4 is 11.8 Å². The molecule has 0 saturated carbocycles. The van der Waals surface area contributed by atoms with Crippen molar-refractivity contribution in [2.45, 2.75) is 19.4 Å². The zero-order chi connectivity index (χ0) is 19.9. The van der Waals surface area contributed by atoms with Crippen LogP contribution in [0, 0.1) is 5.92 Å². The summed E-state index contributed by atoms with van der Waals surface area (Å²) in [6, 6.07) is 15.4. The number of benzene rings is 2. The summed E-state index contributed by atoms with van der Waals surface area (Å²) in [7, 11) is 3.25. The molecule has 0 spiro atoms. The number of nitrogens with zero attached hydrogens (tertiary/aromatic N) is 1. The Balaban J connectivity index is 1.49. The maximum atomic E-state index is 12.5. The number of amides is 2. The van der Waals surface area contributed by atoms with Crippen LogP contribution in [0.1, 0.15) is 17.5 Å². The molecule has 1 aliphatic rings. The van der Waals surface area contributed by atoms with Gasteiger partial charge in [-0.3, -0.25) is 9.59 Å². The molecule has 6 heteroatoms. The molecule has 28 heavy (non-hydrogen) atoms. The molecule has 1 atom stereocenters. The Labute approximate surface area is 165 Å². The lowest BCUT2D eigenvalue weighted by atomic mass is 10.1. The van der Waals surface area contributed by atoms with Gasteiger partial charge in [-0.25, -0.2) is 0 Å². The second-order valence-corrected chi connectivity index (χ2v) is 6.88. The van der Waals surface area contributed by atoms with Crippen molar-refractivity contribution in [1.29, 1.82) is 0 Å². The summed E-state index contributed by atoms with van der Waals surface area (Å²) in [5, 5.41) is 2.96. The molecule has 1 unspecified atom stereocenters. The Kier molecular flexibility index (Phi) is 6.53. The zero-order valence-electron chi connectivity index (χ0n) is 16.3. The van der Waals surface area contributed by atoms with E-state index in [1.165, 1.54) is 0 Å². The van der Waals surface area contributed by atoms with E-state index in [-0.39, 0.29) is 24.2 Å². The van der Waals surface area contributed by atoms with E-state index in [0.29, 0.717) is 19.6 Å². The van der Waals surface area contributed by atoms with E-state index in [9.17, 15) is 9.59 Å². The highest BCUT2D eigenvalue weighted by Crippen LogP contribution is 2.24. The van der Waals surface area contributed by atoms with Gasteiger partial charge in [0.05, 0.1) is 20.1 Å². The molecule has 1 aliphatic heterocycles. The maximum absolute atomic E-state index is 12.5. The normalized spacial score (nSPS) is 16.1. The number of methoxy groups -OCH3 is 2. The third kappa shape index (κ3) is 4.82. The number of nitrogens with one attached hydrogen (secondary N) is 1. The second-order valence-electron chi connectivity index (χ2n) is 6.88. The summed E-state index contributed by atoms with van der Waals surface area (Å²) in [4.78, 5) is 26.5. The lowest BCUT2D eigenvalue weighted by Crippen LogP contribution is -2.34. The molecule has 0 aromatic heterocycles. The van der Waals surface area contributed by atoms with Crippen LogP contribution in [0.25, 0.3) is 0 Å². The van der Waals surface area contributed by atoms with Crippen LogP contribution in [0.15, 0.2) is 48.5 Å². The Morgan fingerprint density at radius 1 is 1.11 bits per heavy atom. The first-order valence-corrected chi connectivity index (χ1v) is 9.41. The number of hydrogen-bond donors (Lipinski definition) is 1. The van der Waals surface area contributed by atoms with E-state index in [4.69, 9.17) is 9.47 Å². The molecular formula is C22H26N2O4. The van der Waals surface area contributed by atoms with Gasteiger partial charge in [0.2, 0.25) is 11.8 Å². The van der Waals surface area contributed by atoms with Crippen LogP contribution in [0.5, 0.6) is 11.5 Å². The molecule has 1 heterocycles. The molecule has 2 amide bonds. The summed E-state index contributed by atoms with van der Waals surface area (Å²) in [5.41, 5.74) is 2.07. The van der Waals surface area contributed by atoms with E-state index in [2.05, 4.69) is 5.32 Å². The van der Waals surface area contributed by atoms with Crippen molar-refractivity contribution in [3.05, 3.63) is 59.7 Å². The van der Waals surface area contributed by atoms with Crippen molar-refractivity contribution < 1.29 is 19.1 Å². The van der Waals surface area contributed by atoms with Crippen LogP contribution >= 0.6 is 0 Å². The highest BCUT2D eigenvalue weighted by Gasteiger charge is 2.34. The topological polar surface area (TPSA) is 67.9 Å². The predicted octanol–water partition coefficient (Wildman–Crippen LogP) is 2.41. The van der Waals surface area contributed by atoms with E-state index < -0.39 is 0 Å². The fourth-order valence-corrected chi connectivity index (χ4v) is 3.41. The Bertz CT molecular complexity index is 820. The van der Waals surface area contributed by atoms with Crippen LogP contribution in [0.2, 0.25) is 0 Å². The van der Waals surface area contributed by atoms with Crippen molar-refractivity contribution in [3.8, 4) is 11.5 Å². The van der Waals surface area contributed by atoms with Gasteiger partial charge in [-0.1, -0.05) is 30.3 Å². The van der Waals surface area contributed by atoms with Crippen molar-refractivity contribution in [3.63, 3.8) is 0 Å². The monoisotopic (exact) mass is 382 g/mol. The smallest absolute Gasteiger partial charge is 0.225 e. The van der Waals surface area contributed by atoms with Gasteiger partial charge < -0.3 is 19.7 Å². The third-order valence-electron chi connectivity index (χ3n) is 5.01. The van der Waals surface area contributed by atoms with Gasteiger partial charge in [-0.2, -0.15) is 0 Å². The molecule has 0 bridgehead atoms. The second kappa shape index (κ2) is 9.26. The third-order valence-corrected chi connectivity index (χ3v) is 5.01. The minimum Gasteiger partial charge on any atom is -0.497 e. The fourth-order valence-electron chi connectivity index (χ4n) is 3.41. The summed E-state index contributed by atoms with van der Waals surface area (Å²) >= 11 is 0. The van der Waals surface area contributed by atoms with Crippen LogP contribution in [0.4, 0.5) is 0 Å². The highest BCUT2D eigenvalue weighted by atomic mass is 16.5. The molecule has 0 aliphatic carbocycles. The average Bonchev–Trinajstić information content (AvgIpc) is 3.09. The van der Waals surface area contributed by atoms with Gasteiger partial charge in [-0.15, -0.1) is 0 Å². The number of ether oxygens (including phenoxy) is 2. The molecule has 3 rings (SSSR count). The minimum atomic E-state index is -0.307. The number of rotatable bonds is 8. The van der Waals surface area contributed by atoms with Crippen LogP contribution in [-0.2, 0) is 22.6 Å². The average molecular weight is 382 g/mol. The SMILES string of the molecule is COc1ccc(CCNC(=O)C2CC(=O)N(Cc3ccccc3OC)C2)cc1. The number of carbonyl (C=O) groups is 2. The highest BCUT2D eigenvalue weighted by molar-refractivity contribution is 5.89. The van der Waals surface area contributed by atoms with Crippen LogP contribution < -0.4 is 14.8 Å². The molecule has 2 aromatic carbocycles. The standard InChI is InChI=1S/C22H26N2O4/c1-27-19-9-7-16(8-10-19)11-12-23-22(26)18-13-21(25)24(15-18)14-17-5-3-4-6-20(17)28-2/h3-10,18H,11-15H2,1-2H3,(H,23,26). The van der Waals surface area contributed by atoms with Crippen molar-refractivity contribution in [2.75, 3.05) is 27.3 Å². The molecule has 6 nitrogen and oxygen atoms in total. The Morgan fingerprint density at radius 2 is 1.86 bits per heavy atom. The van der Waals surface area contributed by atoms with E-state index in [0.717, 1.165) is 29.0 Å². The van der Waals surface area contributed by atoms with E-state index >= 15 is 0 Å². The van der Waals surface area contributed by atoms with Gasteiger partial charge in [0.1, 0.15) is 11.5 Å². The van der Waals surface area contributed by atoms with E-state index in [1.54, 1.807) is 19.1 Å². The predicted molar refractivity (Wildman–Crippen MR) is 106 cm³/mol. The van der Waals surface area contributed by atoms with Gasteiger partial charge >= 0.3 is 0 Å². The maximum Gasteiger partial charge on any atom is 0.225 e. The lowest BCUT2D eigenvalue weighted by molar-refractivity contribution is -0.129. The molecular weight excluding hydrogens is 356 g/mol. The quantitative estimate of drug-likeness (QED) is 0.761. The van der Waals surface area contributed by atoms with E-state index in [1.807, 2.05) is 48.5 Å². The summed E-state index contributed by atoms with van der Waals surface area (Å²) in [6.07, 6.45) is 0.991. The summed E-state index contributed by atoms with van der Waals surface area (Å²) in [6.45, 7) is 1.44. The number of carbonyl (C=O) groups excluding carboxylic acids is 2. The first-order valence-electron chi connectivity index (χ1n) is 9.41. The van der Waals surface area contributed by atoms with Crippen LogP contribution in [0.3, 0.4) is 0 Å². The van der Waals surface area contributed by atoms with Crippen LogP contribution in [-0.4, -0.2) is 44.0 Å². The number of para-hydroxylation sites is 1. The Morgan fingerprint density at radius 3 is 2.57 bits per heavy atom. The molecule has 1 N–H and O–H groups in total. The number of likely N-dealkylation sites (tertiary alicyclic amines) is 1. The largest absolute Gasteiger partial charge is 0.497 e. The number of hydrogen-bond acceptors (Lipinski definition) is 4. The minimum absolute atomic E-state index is 0.00112. The molecule has 1 fully saturated rings. The Hall–Kier alpha value is -3.02. The molecule has 2 aromatic rings. The lowest BCUT2D eigenvalue weighted by Gasteiger charge is -2.18. The van der Waals surface area contributed by atoms with Crippen molar-refractivity contribution in [1.82, 2.24) is 10.2 Å².